The lowest BCUT2D eigenvalue weighted by molar-refractivity contribution is -0.137. The molecule has 0 bridgehead atoms. The standard InChI is InChI=1S/C25H19N3O6S/c29-23(26-24(30)21-14-32-19-9-4-5-10-20(19)34-21)15-33-25(31)18-13-17(22-11-6-12-35-22)27-28(18)16-7-2-1-3-8-16/h1-13,21H,14-15H2,(H,26,29,30). The molecule has 1 unspecified atom stereocenters. The zero-order valence-electron chi connectivity index (χ0n) is 18.2. The molecule has 0 spiro atoms. The highest BCUT2D eigenvalue weighted by molar-refractivity contribution is 7.13. The van der Waals surface area contributed by atoms with Crippen molar-refractivity contribution in [1.82, 2.24) is 15.1 Å². The highest BCUT2D eigenvalue weighted by Crippen LogP contribution is 2.31. The van der Waals surface area contributed by atoms with E-state index in [0.29, 0.717) is 22.9 Å². The first-order valence-corrected chi connectivity index (χ1v) is 11.5. The summed E-state index contributed by atoms with van der Waals surface area (Å²) in [5, 5.41) is 8.63. The second-order valence-electron chi connectivity index (χ2n) is 7.49. The van der Waals surface area contributed by atoms with Gasteiger partial charge < -0.3 is 14.2 Å². The number of imide groups is 1. The van der Waals surface area contributed by atoms with Crippen LogP contribution in [0.2, 0.25) is 0 Å². The summed E-state index contributed by atoms with van der Waals surface area (Å²) in [4.78, 5) is 38.5. The van der Waals surface area contributed by atoms with Crippen LogP contribution >= 0.6 is 11.3 Å². The van der Waals surface area contributed by atoms with Gasteiger partial charge in [0, 0.05) is 6.07 Å². The molecule has 176 valence electrons. The highest BCUT2D eigenvalue weighted by Gasteiger charge is 2.29. The van der Waals surface area contributed by atoms with Gasteiger partial charge in [0.15, 0.2) is 23.8 Å². The number of nitrogens with zero attached hydrogens (tertiary/aromatic N) is 2. The Labute approximate surface area is 203 Å². The van der Waals surface area contributed by atoms with Crippen LogP contribution in [0.25, 0.3) is 16.3 Å². The van der Waals surface area contributed by atoms with Crippen molar-refractivity contribution in [1.29, 1.82) is 0 Å². The van der Waals surface area contributed by atoms with Crippen LogP contribution in [0.1, 0.15) is 10.5 Å². The van der Waals surface area contributed by atoms with Gasteiger partial charge in [0.05, 0.1) is 10.6 Å². The number of nitrogens with one attached hydrogen (secondary N) is 1. The monoisotopic (exact) mass is 489 g/mol. The lowest BCUT2D eigenvalue weighted by atomic mass is 10.2. The second-order valence-corrected chi connectivity index (χ2v) is 8.44. The number of fused-ring (bicyclic) bond motifs is 1. The number of para-hydroxylation sites is 3. The molecule has 1 atom stereocenters. The molecular formula is C25H19N3O6S. The van der Waals surface area contributed by atoms with Gasteiger partial charge in [0.25, 0.3) is 11.8 Å². The van der Waals surface area contributed by atoms with E-state index in [-0.39, 0.29) is 12.3 Å². The van der Waals surface area contributed by atoms with Crippen molar-refractivity contribution in [2.24, 2.45) is 0 Å². The first-order chi connectivity index (χ1) is 17.1. The average molecular weight is 490 g/mol. The molecule has 2 aromatic heterocycles. The molecular weight excluding hydrogens is 470 g/mol. The minimum absolute atomic E-state index is 0.0440. The number of esters is 1. The zero-order chi connectivity index (χ0) is 24.2. The number of amides is 2. The van der Waals surface area contributed by atoms with Crippen LogP contribution < -0.4 is 14.8 Å². The number of thiophene rings is 1. The van der Waals surface area contributed by atoms with E-state index in [1.54, 1.807) is 42.5 Å². The fraction of sp³-hybridized carbons (Fsp3) is 0.120. The Kier molecular flexibility index (Phi) is 6.27. The maximum Gasteiger partial charge on any atom is 0.357 e. The molecule has 0 saturated heterocycles. The van der Waals surface area contributed by atoms with Crippen molar-refractivity contribution in [3.8, 4) is 27.8 Å². The molecule has 5 rings (SSSR count). The molecule has 1 N–H and O–H groups in total. The molecule has 9 nitrogen and oxygen atoms in total. The first-order valence-electron chi connectivity index (χ1n) is 10.7. The predicted molar refractivity (Wildman–Crippen MR) is 127 cm³/mol. The van der Waals surface area contributed by atoms with E-state index in [1.165, 1.54) is 16.0 Å². The molecule has 3 heterocycles. The zero-order valence-corrected chi connectivity index (χ0v) is 19.1. The van der Waals surface area contributed by atoms with Gasteiger partial charge in [-0.15, -0.1) is 11.3 Å². The quantitative estimate of drug-likeness (QED) is 0.414. The summed E-state index contributed by atoms with van der Waals surface area (Å²) in [5.41, 5.74) is 1.42. The van der Waals surface area contributed by atoms with Crippen LogP contribution in [0, 0.1) is 0 Å². The van der Waals surface area contributed by atoms with E-state index in [4.69, 9.17) is 14.2 Å². The van der Waals surface area contributed by atoms with Crippen molar-refractivity contribution < 1.29 is 28.6 Å². The number of carbonyl (C=O) groups is 3. The van der Waals surface area contributed by atoms with Crippen molar-refractivity contribution in [3.63, 3.8) is 0 Å². The van der Waals surface area contributed by atoms with Crippen LogP contribution in [0.3, 0.4) is 0 Å². The third-order valence-electron chi connectivity index (χ3n) is 5.09. The molecule has 0 aliphatic carbocycles. The third kappa shape index (κ3) is 4.92. The van der Waals surface area contributed by atoms with E-state index in [9.17, 15) is 14.4 Å². The van der Waals surface area contributed by atoms with E-state index in [2.05, 4.69) is 10.4 Å². The second kappa shape index (κ2) is 9.82. The Morgan fingerprint density at radius 3 is 2.57 bits per heavy atom. The summed E-state index contributed by atoms with van der Waals surface area (Å²) in [6.07, 6.45) is -1.00. The van der Waals surface area contributed by atoms with Crippen LogP contribution in [-0.2, 0) is 14.3 Å². The van der Waals surface area contributed by atoms with Crippen LogP contribution in [-0.4, -0.2) is 46.9 Å². The van der Waals surface area contributed by atoms with Gasteiger partial charge in [-0.2, -0.15) is 5.10 Å². The highest BCUT2D eigenvalue weighted by atomic mass is 32.1. The summed E-state index contributed by atoms with van der Waals surface area (Å²) in [7, 11) is 0. The maximum atomic E-state index is 12.9. The SMILES string of the molecule is O=C(COC(=O)c1cc(-c2cccs2)nn1-c1ccccc1)NC(=O)C1COc2ccccc2O1. The molecule has 2 aromatic carbocycles. The third-order valence-corrected chi connectivity index (χ3v) is 5.98. The van der Waals surface area contributed by atoms with Crippen molar-refractivity contribution in [3.05, 3.63) is 83.9 Å². The minimum Gasteiger partial charge on any atom is -0.485 e. The van der Waals surface area contributed by atoms with Gasteiger partial charge in [-0.05, 0) is 35.7 Å². The Bertz CT molecular complexity index is 1370. The normalized spacial score (nSPS) is 14.2. The topological polar surface area (TPSA) is 109 Å². The number of carbonyl (C=O) groups excluding carboxylic acids is 3. The van der Waals surface area contributed by atoms with E-state index >= 15 is 0 Å². The van der Waals surface area contributed by atoms with Gasteiger partial charge in [0.1, 0.15) is 12.3 Å². The lowest BCUT2D eigenvalue weighted by Gasteiger charge is -2.25. The molecule has 10 heteroatoms. The number of hydrogen-bond donors (Lipinski definition) is 1. The molecule has 35 heavy (non-hydrogen) atoms. The summed E-state index contributed by atoms with van der Waals surface area (Å²) in [5.74, 6) is -1.29. The Balaban J connectivity index is 1.24. The molecule has 1 aliphatic heterocycles. The van der Waals surface area contributed by atoms with Gasteiger partial charge in [-0.1, -0.05) is 36.4 Å². The van der Waals surface area contributed by atoms with Crippen LogP contribution in [0.5, 0.6) is 11.5 Å². The summed E-state index contributed by atoms with van der Waals surface area (Å²) < 4.78 is 17.7. The predicted octanol–water partition coefficient (Wildman–Crippen LogP) is 3.24. The van der Waals surface area contributed by atoms with E-state index in [1.807, 2.05) is 35.7 Å². The van der Waals surface area contributed by atoms with E-state index < -0.39 is 30.5 Å². The molecule has 1 aliphatic rings. The molecule has 0 fully saturated rings. The molecule has 4 aromatic rings. The van der Waals surface area contributed by atoms with Gasteiger partial charge >= 0.3 is 5.97 Å². The fourth-order valence-electron chi connectivity index (χ4n) is 3.44. The average Bonchev–Trinajstić information content (AvgIpc) is 3.58. The smallest absolute Gasteiger partial charge is 0.357 e. The Morgan fingerprint density at radius 2 is 1.80 bits per heavy atom. The van der Waals surface area contributed by atoms with Gasteiger partial charge in [0.2, 0.25) is 6.10 Å². The Morgan fingerprint density at radius 1 is 1.03 bits per heavy atom. The fourth-order valence-corrected chi connectivity index (χ4v) is 4.13. The van der Waals surface area contributed by atoms with Crippen molar-refractivity contribution in [2.75, 3.05) is 13.2 Å². The Hall–Kier alpha value is -4.44. The molecule has 2 amide bonds. The van der Waals surface area contributed by atoms with Gasteiger partial charge in [-0.3, -0.25) is 14.9 Å². The number of aromatic nitrogens is 2. The van der Waals surface area contributed by atoms with Gasteiger partial charge in [-0.25, -0.2) is 9.48 Å². The maximum absolute atomic E-state index is 12.9. The number of hydrogen-bond acceptors (Lipinski definition) is 8. The number of ether oxygens (including phenoxy) is 3. The molecule has 0 radical (unpaired) electrons. The van der Waals surface area contributed by atoms with E-state index in [0.717, 1.165) is 4.88 Å². The van der Waals surface area contributed by atoms with Crippen molar-refractivity contribution >= 4 is 29.1 Å². The minimum atomic E-state index is -1.00. The lowest BCUT2D eigenvalue weighted by Crippen LogP contribution is -2.47. The summed E-state index contributed by atoms with van der Waals surface area (Å²) in [6.45, 7) is -0.694. The molecule has 0 saturated carbocycles. The van der Waals surface area contributed by atoms with Crippen molar-refractivity contribution in [2.45, 2.75) is 6.10 Å². The largest absolute Gasteiger partial charge is 0.485 e. The summed E-state index contributed by atoms with van der Waals surface area (Å²) >= 11 is 1.49. The van der Waals surface area contributed by atoms with Crippen LogP contribution in [0.15, 0.2) is 78.2 Å². The number of rotatable bonds is 6. The number of benzene rings is 2. The van der Waals surface area contributed by atoms with Crippen LogP contribution in [0.4, 0.5) is 0 Å². The summed E-state index contributed by atoms with van der Waals surface area (Å²) in [6, 6.07) is 21.4. The first kappa shape index (κ1) is 22.4.